The average Bonchev–Trinajstić information content (AvgIpc) is 2.38. The monoisotopic (exact) mass is 279 g/mol. The van der Waals surface area contributed by atoms with E-state index in [4.69, 9.17) is 9.84 Å². The fraction of sp³-hybridized carbons (Fsp3) is 0.429. The van der Waals surface area contributed by atoms with Gasteiger partial charge in [0.1, 0.15) is 5.75 Å². The zero-order valence-corrected chi connectivity index (χ0v) is 11.0. The highest BCUT2D eigenvalue weighted by molar-refractivity contribution is 5.79. The van der Waals surface area contributed by atoms with Crippen LogP contribution in [0.2, 0.25) is 0 Å². The molecule has 1 amide bonds. The number of phenolic OH excluding ortho intramolecular Hbond substituents is 1. The molecule has 0 bridgehead atoms. The highest BCUT2D eigenvalue weighted by atomic mass is 16.5. The number of benzene rings is 1. The van der Waals surface area contributed by atoms with Gasteiger partial charge in [0.25, 0.3) is 0 Å². The first-order valence-electron chi connectivity index (χ1n) is 6.43. The number of phenols is 1. The molecule has 1 aliphatic heterocycles. The summed E-state index contributed by atoms with van der Waals surface area (Å²) < 4.78 is 5.32. The van der Waals surface area contributed by atoms with E-state index in [1.165, 1.54) is 0 Å². The summed E-state index contributed by atoms with van der Waals surface area (Å²) in [4.78, 5) is 24.4. The smallest absolute Gasteiger partial charge is 0.306 e. The summed E-state index contributed by atoms with van der Waals surface area (Å²) in [7, 11) is 0. The molecule has 2 N–H and O–H groups in total. The second-order valence-corrected chi connectivity index (χ2v) is 4.78. The van der Waals surface area contributed by atoms with Gasteiger partial charge in [-0.25, -0.2) is 0 Å². The summed E-state index contributed by atoms with van der Waals surface area (Å²) in [6.07, 6.45) is -0.362. The largest absolute Gasteiger partial charge is 0.508 e. The third kappa shape index (κ3) is 3.96. The number of carbonyl (C=O) groups excluding carboxylic acids is 1. The number of aliphatic carboxylic acids is 1. The molecule has 1 heterocycles. The Bertz CT molecular complexity index is 502. The maximum Gasteiger partial charge on any atom is 0.306 e. The standard InChI is InChI=1S/C14H17NO5/c16-11-3-1-2-10(6-11)7-13(17)15-4-5-20-12(9-15)8-14(18)19/h1-3,6,12,16H,4-5,7-9H2,(H,18,19). The minimum absolute atomic E-state index is 0.0886. The Kier molecular flexibility index (Phi) is 4.57. The molecule has 6 nitrogen and oxygen atoms in total. The first-order chi connectivity index (χ1) is 9.54. The molecule has 2 rings (SSSR count). The number of nitrogens with zero attached hydrogens (tertiary/aromatic N) is 1. The van der Waals surface area contributed by atoms with Crippen LogP contribution in [0.3, 0.4) is 0 Å². The van der Waals surface area contributed by atoms with Crippen LogP contribution in [0.25, 0.3) is 0 Å². The fourth-order valence-corrected chi connectivity index (χ4v) is 2.22. The Balaban J connectivity index is 1.93. The Morgan fingerprint density at radius 3 is 2.90 bits per heavy atom. The van der Waals surface area contributed by atoms with Crippen LogP contribution in [0.15, 0.2) is 24.3 Å². The Morgan fingerprint density at radius 2 is 2.20 bits per heavy atom. The van der Waals surface area contributed by atoms with E-state index in [9.17, 15) is 14.7 Å². The molecule has 1 aliphatic rings. The Morgan fingerprint density at radius 1 is 1.40 bits per heavy atom. The zero-order chi connectivity index (χ0) is 14.5. The number of aromatic hydroxyl groups is 1. The molecule has 108 valence electrons. The van der Waals surface area contributed by atoms with E-state index in [2.05, 4.69) is 0 Å². The van der Waals surface area contributed by atoms with E-state index in [0.717, 1.165) is 5.56 Å². The van der Waals surface area contributed by atoms with Crippen molar-refractivity contribution in [1.82, 2.24) is 4.90 Å². The molecule has 20 heavy (non-hydrogen) atoms. The number of rotatable bonds is 4. The van der Waals surface area contributed by atoms with Gasteiger partial charge in [0.2, 0.25) is 5.91 Å². The van der Waals surface area contributed by atoms with Gasteiger partial charge in [-0.15, -0.1) is 0 Å². The van der Waals surface area contributed by atoms with Crippen LogP contribution >= 0.6 is 0 Å². The number of morpholine rings is 1. The van der Waals surface area contributed by atoms with Crippen LogP contribution in [0.5, 0.6) is 5.75 Å². The molecule has 1 saturated heterocycles. The predicted molar refractivity (Wildman–Crippen MR) is 70.4 cm³/mol. The minimum atomic E-state index is -0.933. The van der Waals surface area contributed by atoms with Crippen molar-refractivity contribution in [3.8, 4) is 5.75 Å². The van der Waals surface area contributed by atoms with E-state index in [-0.39, 0.29) is 24.5 Å². The van der Waals surface area contributed by atoms with E-state index in [1.807, 2.05) is 0 Å². The highest BCUT2D eigenvalue weighted by Gasteiger charge is 2.25. The number of ether oxygens (including phenoxy) is 1. The van der Waals surface area contributed by atoms with Gasteiger partial charge in [-0.2, -0.15) is 0 Å². The topological polar surface area (TPSA) is 87.1 Å². The molecule has 1 fully saturated rings. The molecular formula is C14H17NO5. The van der Waals surface area contributed by atoms with Gasteiger partial charge in [0.05, 0.1) is 25.6 Å². The number of hydrogen-bond donors (Lipinski definition) is 2. The van der Waals surface area contributed by atoms with Crippen molar-refractivity contribution >= 4 is 11.9 Å². The van der Waals surface area contributed by atoms with Gasteiger partial charge in [0.15, 0.2) is 0 Å². The van der Waals surface area contributed by atoms with Gasteiger partial charge < -0.3 is 19.8 Å². The van der Waals surface area contributed by atoms with E-state index in [0.29, 0.717) is 19.7 Å². The van der Waals surface area contributed by atoms with Crippen molar-refractivity contribution in [2.75, 3.05) is 19.7 Å². The van der Waals surface area contributed by atoms with Crippen LogP contribution < -0.4 is 0 Å². The van der Waals surface area contributed by atoms with Gasteiger partial charge in [-0.1, -0.05) is 12.1 Å². The highest BCUT2D eigenvalue weighted by Crippen LogP contribution is 2.14. The van der Waals surface area contributed by atoms with Crippen molar-refractivity contribution in [2.24, 2.45) is 0 Å². The molecule has 1 atom stereocenters. The molecule has 1 aromatic carbocycles. The third-order valence-corrected chi connectivity index (χ3v) is 3.16. The lowest BCUT2D eigenvalue weighted by atomic mass is 10.1. The quantitative estimate of drug-likeness (QED) is 0.844. The van der Waals surface area contributed by atoms with Crippen LogP contribution in [0.4, 0.5) is 0 Å². The number of carboxylic acid groups (broad SMARTS) is 1. The number of carboxylic acids is 1. The van der Waals surface area contributed by atoms with E-state index in [1.54, 1.807) is 29.2 Å². The van der Waals surface area contributed by atoms with Crippen molar-refractivity contribution in [3.05, 3.63) is 29.8 Å². The summed E-state index contributed by atoms with van der Waals surface area (Å²) in [5.74, 6) is -0.896. The van der Waals surface area contributed by atoms with Crippen molar-refractivity contribution < 1.29 is 24.5 Å². The van der Waals surface area contributed by atoms with Crippen molar-refractivity contribution in [3.63, 3.8) is 0 Å². The first kappa shape index (κ1) is 14.3. The molecule has 0 radical (unpaired) electrons. The normalized spacial score (nSPS) is 18.8. The van der Waals surface area contributed by atoms with E-state index < -0.39 is 12.1 Å². The molecule has 0 spiro atoms. The summed E-state index contributed by atoms with van der Waals surface area (Å²) in [5, 5.41) is 18.1. The van der Waals surface area contributed by atoms with Crippen molar-refractivity contribution in [1.29, 1.82) is 0 Å². The molecule has 0 saturated carbocycles. The van der Waals surface area contributed by atoms with E-state index >= 15 is 0 Å². The lowest BCUT2D eigenvalue weighted by Crippen LogP contribution is -2.46. The summed E-state index contributed by atoms with van der Waals surface area (Å²) in [5.41, 5.74) is 0.733. The second-order valence-electron chi connectivity index (χ2n) is 4.78. The lowest BCUT2D eigenvalue weighted by Gasteiger charge is -2.32. The Hall–Kier alpha value is -2.08. The number of amides is 1. The predicted octanol–water partition coefficient (Wildman–Crippen LogP) is 0.637. The number of hydrogen-bond acceptors (Lipinski definition) is 4. The average molecular weight is 279 g/mol. The molecular weight excluding hydrogens is 262 g/mol. The maximum absolute atomic E-state index is 12.2. The summed E-state index contributed by atoms with van der Waals surface area (Å²) >= 11 is 0. The molecule has 1 aromatic rings. The fourth-order valence-electron chi connectivity index (χ4n) is 2.22. The van der Waals surface area contributed by atoms with Gasteiger partial charge >= 0.3 is 5.97 Å². The van der Waals surface area contributed by atoms with Crippen LogP contribution in [0, 0.1) is 0 Å². The van der Waals surface area contributed by atoms with Gasteiger partial charge in [-0.05, 0) is 17.7 Å². The Labute approximate surface area is 116 Å². The summed E-state index contributed by atoms with van der Waals surface area (Å²) in [6, 6.07) is 6.55. The molecule has 0 aromatic heterocycles. The third-order valence-electron chi connectivity index (χ3n) is 3.16. The minimum Gasteiger partial charge on any atom is -0.508 e. The summed E-state index contributed by atoms with van der Waals surface area (Å²) in [6.45, 7) is 1.11. The molecule has 0 aliphatic carbocycles. The van der Waals surface area contributed by atoms with Crippen LogP contribution in [-0.2, 0) is 20.7 Å². The van der Waals surface area contributed by atoms with Crippen LogP contribution in [-0.4, -0.2) is 52.8 Å². The number of carbonyl (C=O) groups is 2. The zero-order valence-electron chi connectivity index (χ0n) is 11.0. The van der Waals surface area contributed by atoms with Crippen LogP contribution in [0.1, 0.15) is 12.0 Å². The van der Waals surface area contributed by atoms with Gasteiger partial charge in [-0.3, -0.25) is 9.59 Å². The first-order valence-corrected chi connectivity index (χ1v) is 6.43. The van der Waals surface area contributed by atoms with Crippen molar-refractivity contribution in [2.45, 2.75) is 18.9 Å². The lowest BCUT2D eigenvalue weighted by molar-refractivity contribution is -0.147. The van der Waals surface area contributed by atoms with Gasteiger partial charge in [0, 0.05) is 13.1 Å². The maximum atomic E-state index is 12.2. The second kappa shape index (κ2) is 6.38. The SMILES string of the molecule is O=C(O)CC1CN(C(=O)Cc2cccc(O)c2)CCO1. The molecule has 1 unspecified atom stereocenters. The molecule has 6 heteroatoms.